The summed E-state index contributed by atoms with van der Waals surface area (Å²) in [7, 11) is 0. The van der Waals surface area contributed by atoms with Gasteiger partial charge in [-0.3, -0.25) is 5.10 Å². The first-order valence-corrected chi connectivity index (χ1v) is 8.69. The van der Waals surface area contributed by atoms with E-state index in [9.17, 15) is 5.11 Å². The minimum Gasteiger partial charge on any atom is -0.393 e. The van der Waals surface area contributed by atoms with E-state index < -0.39 is 0 Å². The highest BCUT2D eigenvalue weighted by molar-refractivity contribution is 5.92. The van der Waals surface area contributed by atoms with Gasteiger partial charge in [-0.15, -0.1) is 0 Å². The largest absolute Gasteiger partial charge is 0.393 e. The molecule has 2 saturated carbocycles. The van der Waals surface area contributed by atoms with Crippen LogP contribution >= 0.6 is 0 Å². The van der Waals surface area contributed by atoms with E-state index in [4.69, 9.17) is 5.73 Å². The summed E-state index contributed by atoms with van der Waals surface area (Å²) < 4.78 is 0. The molecular weight excluding hydrogens is 316 g/mol. The first kappa shape index (κ1) is 14.7. The second-order valence-corrected chi connectivity index (χ2v) is 7.19. The maximum atomic E-state index is 10.2. The van der Waals surface area contributed by atoms with Gasteiger partial charge in [0.25, 0.3) is 0 Å². The molecule has 2 fully saturated rings. The van der Waals surface area contributed by atoms with Gasteiger partial charge in [0.1, 0.15) is 5.82 Å². The first-order chi connectivity index (χ1) is 12.2. The SMILES string of the molecule is Nc1nc(N[C@@H]2C[C@H]3C[C@@H]2[C@@H](O)C3)c2ccc(-c3ccn[nH]3)cc2n1. The fraction of sp³-hybridized carbons (Fsp3) is 0.389. The number of aliphatic hydroxyl groups excluding tert-OH is 1. The Morgan fingerprint density at radius 3 is 2.84 bits per heavy atom. The van der Waals surface area contributed by atoms with Crippen LogP contribution in [0.25, 0.3) is 22.2 Å². The van der Waals surface area contributed by atoms with Crippen molar-refractivity contribution in [1.82, 2.24) is 20.2 Å². The lowest BCUT2D eigenvalue weighted by Crippen LogP contribution is -2.34. The van der Waals surface area contributed by atoms with E-state index in [0.29, 0.717) is 11.8 Å². The molecule has 1 aromatic carbocycles. The van der Waals surface area contributed by atoms with Gasteiger partial charge in [-0.25, -0.2) is 4.98 Å². The van der Waals surface area contributed by atoms with Crippen LogP contribution in [0.15, 0.2) is 30.5 Å². The molecule has 2 aromatic heterocycles. The zero-order chi connectivity index (χ0) is 17.0. The minimum atomic E-state index is -0.200. The van der Waals surface area contributed by atoms with Crippen molar-refractivity contribution in [1.29, 1.82) is 0 Å². The summed E-state index contributed by atoms with van der Waals surface area (Å²) in [5.41, 5.74) is 8.68. The van der Waals surface area contributed by atoms with Crippen molar-refractivity contribution in [2.75, 3.05) is 11.1 Å². The Labute approximate surface area is 144 Å². The normalized spacial score (nSPS) is 27.9. The lowest BCUT2D eigenvalue weighted by Gasteiger charge is -2.27. The standard InChI is InChI=1S/C18H20N6O/c19-18-22-15-8-10(13-3-4-20-24-13)1-2-11(15)17(23-18)21-14-6-9-5-12(14)16(25)7-9/h1-4,8-9,12,14,16,25H,5-7H2,(H,20,24)(H3,19,21,22,23)/t9-,12+,14-,16+/m1/s1. The number of rotatable bonds is 3. The Bertz CT molecular complexity index is 925. The third-order valence-electron chi connectivity index (χ3n) is 5.63. The number of nitrogens with one attached hydrogen (secondary N) is 2. The number of nitrogen functional groups attached to an aromatic ring is 1. The van der Waals surface area contributed by atoms with E-state index in [1.165, 1.54) is 0 Å². The molecule has 0 radical (unpaired) electrons. The Hall–Kier alpha value is -2.67. The van der Waals surface area contributed by atoms with Crippen LogP contribution in [0, 0.1) is 11.8 Å². The molecule has 0 amide bonds. The molecule has 25 heavy (non-hydrogen) atoms. The number of anilines is 2. The maximum Gasteiger partial charge on any atom is 0.222 e. The summed E-state index contributed by atoms with van der Waals surface area (Å²) in [6, 6.07) is 8.19. The molecule has 7 nitrogen and oxygen atoms in total. The molecule has 3 aromatic rings. The fourth-order valence-corrected chi connectivity index (χ4v) is 4.50. The highest BCUT2D eigenvalue weighted by Crippen LogP contribution is 2.46. The zero-order valence-electron chi connectivity index (χ0n) is 13.7. The number of benzene rings is 1. The van der Waals surface area contributed by atoms with Gasteiger partial charge in [0, 0.05) is 29.1 Å². The van der Waals surface area contributed by atoms with Gasteiger partial charge in [-0.05, 0) is 43.4 Å². The summed E-state index contributed by atoms with van der Waals surface area (Å²) in [5.74, 6) is 1.93. The predicted molar refractivity (Wildman–Crippen MR) is 95.8 cm³/mol. The van der Waals surface area contributed by atoms with Gasteiger partial charge in [0.15, 0.2) is 0 Å². The second-order valence-electron chi connectivity index (χ2n) is 7.19. The molecule has 7 heteroatoms. The van der Waals surface area contributed by atoms with Gasteiger partial charge >= 0.3 is 0 Å². The van der Waals surface area contributed by atoms with Gasteiger partial charge in [-0.1, -0.05) is 6.07 Å². The van der Waals surface area contributed by atoms with E-state index in [1.54, 1.807) is 6.20 Å². The van der Waals surface area contributed by atoms with Crippen molar-refractivity contribution >= 4 is 22.7 Å². The van der Waals surface area contributed by atoms with Crippen LogP contribution in [0.4, 0.5) is 11.8 Å². The highest BCUT2D eigenvalue weighted by Gasteiger charge is 2.45. The molecule has 5 rings (SSSR count). The Morgan fingerprint density at radius 2 is 2.08 bits per heavy atom. The fourth-order valence-electron chi connectivity index (χ4n) is 4.50. The molecule has 0 saturated heterocycles. The molecule has 2 bridgehead atoms. The van der Waals surface area contributed by atoms with Gasteiger partial charge in [0.2, 0.25) is 5.95 Å². The number of nitrogens with zero attached hydrogens (tertiary/aromatic N) is 3. The van der Waals surface area contributed by atoms with Crippen molar-refractivity contribution in [2.45, 2.75) is 31.4 Å². The molecule has 128 valence electrons. The average molecular weight is 336 g/mol. The molecule has 5 N–H and O–H groups in total. The van der Waals surface area contributed by atoms with Crippen LogP contribution in [0.2, 0.25) is 0 Å². The number of nitrogens with two attached hydrogens (primary N) is 1. The number of hydrogen-bond acceptors (Lipinski definition) is 6. The van der Waals surface area contributed by atoms with Crippen LogP contribution in [0.3, 0.4) is 0 Å². The van der Waals surface area contributed by atoms with E-state index in [-0.39, 0.29) is 18.1 Å². The van der Waals surface area contributed by atoms with Crippen LogP contribution in [-0.4, -0.2) is 37.4 Å². The monoisotopic (exact) mass is 336 g/mol. The van der Waals surface area contributed by atoms with Crippen LogP contribution in [0.5, 0.6) is 0 Å². The van der Waals surface area contributed by atoms with Crippen LogP contribution in [0.1, 0.15) is 19.3 Å². The van der Waals surface area contributed by atoms with Crippen molar-refractivity contribution in [3.63, 3.8) is 0 Å². The minimum absolute atomic E-state index is 0.200. The summed E-state index contributed by atoms with van der Waals surface area (Å²) in [5, 5.41) is 21.6. The van der Waals surface area contributed by atoms with Crippen molar-refractivity contribution in [3.05, 3.63) is 30.5 Å². The Balaban J connectivity index is 1.52. The van der Waals surface area contributed by atoms with E-state index >= 15 is 0 Å². The van der Waals surface area contributed by atoms with Gasteiger partial charge in [0.05, 0.1) is 17.3 Å². The molecule has 0 unspecified atom stereocenters. The number of aromatic nitrogens is 4. The molecule has 2 aliphatic rings. The third-order valence-corrected chi connectivity index (χ3v) is 5.63. The highest BCUT2D eigenvalue weighted by atomic mass is 16.3. The van der Waals surface area contributed by atoms with Gasteiger partial charge < -0.3 is 16.2 Å². The number of H-pyrrole nitrogens is 1. The molecule has 4 atom stereocenters. The summed E-state index contributed by atoms with van der Waals surface area (Å²) in [4.78, 5) is 8.81. The number of aromatic amines is 1. The zero-order valence-corrected chi connectivity index (χ0v) is 13.7. The average Bonchev–Trinajstić information content (AvgIpc) is 3.30. The van der Waals surface area contributed by atoms with Crippen molar-refractivity contribution < 1.29 is 5.11 Å². The Kier molecular flexibility index (Phi) is 3.18. The molecule has 0 aliphatic heterocycles. The maximum absolute atomic E-state index is 10.2. The lowest BCUT2D eigenvalue weighted by atomic mass is 9.92. The molecule has 2 aliphatic carbocycles. The molecular formula is C18H20N6O. The van der Waals surface area contributed by atoms with Crippen LogP contribution in [-0.2, 0) is 0 Å². The summed E-state index contributed by atoms with van der Waals surface area (Å²) >= 11 is 0. The smallest absolute Gasteiger partial charge is 0.222 e. The summed E-state index contributed by atoms with van der Waals surface area (Å²) in [6.07, 6.45) is 4.64. The lowest BCUT2D eigenvalue weighted by molar-refractivity contribution is 0.107. The first-order valence-electron chi connectivity index (χ1n) is 8.69. The molecule has 0 spiro atoms. The topological polar surface area (TPSA) is 113 Å². The van der Waals surface area contributed by atoms with Gasteiger partial charge in [-0.2, -0.15) is 10.1 Å². The molecule has 2 heterocycles. The van der Waals surface area contributed by atoms with Crippen molar-refractivity contribution in [3.8, 4) is 11.3 Å². The number of aliphatic hydroxyl groups is 1. The van der Waals surface area contributed by atoms with Crippen LogP contribution < -0.4 is 11.1 Å². The number of fused-ring (bicyclic) bond motifs is 3. The van der Waals surface area contributed by atoms with E-state index in [0.717, 1.165) is 47.2 Å². The van der Waals surface area contributed by atoms with E-state index in [1.807, 2.05) is 24.3 Å². The second kappa shape index (κ2) is 5.42. The predicted octanol–water partition coefficient (Wildman–Crippen LogP) is 2.17. The quantitative estimate of drug-likeness (QED) is 0.583. The van der Waals surface area contributed by atoms with Crippen molar-refractivity contribution in [2.24, 2.45) is 11.8 Å². The third kappa shape index (κ3) is 2.42. The summed E-state index contributed by atoms with van der Waals surface area (Å²) in [6.45, 7) is 0. The number of hydrogen-bond donors (Lipinski definition) is 4. The Morgan fingerprint density at radius 1 is 1.16 bits per heavy atom. The van der Waals surface area contributed by atoms with E-state index in [2.05, 4.69) is 25.5 Å².